The highest BCUT2D eigenvalue weighted by molar-refractivity contribution is 5.77. The van der Waals surface area contributed by atoms with Gasteiger partial charge in [0.25, 0.3) is 0 Å². The van der Waals surface area contributed by atoms with E-state index in [4.69, 9.17) is 0 Å². The molecule has 1 amide bonds. The Hall–Kier alpha value is -1.98. The Kier molecular flexibility index (Phi) is 3.86. The van der Waals surface area contributed by atoms with E-state index < -0.39 is 0 Å². The molecule has 1 aliphatic rings. The lowest BCUT2D eigenvalue weighted by Crippen LogP contribution is -2.39. The van der Waals surface area contributed by atoms with Crippen molar-refractivity contribution in [1.29, 1.82) is 0 Å². The number of fused-ring (bicyclic) bond motifs is 1. The highest BCUT2D eigenvalue weighted by Gasteiger charge is 2.27. The summed E-state index contributed by atoms with van der Waals surface area (Å²) in [7, 11) is 0. The summed E-state index contributed by atoms with van der Waals surface area (Å²) in [5, 5.41) is 7.28. The van der Waals surface area contributed by atoms with Gasteiger partial charge in [-0.25, -0.2) is 9.97 Å². The van der Waals surface area contributed by atoms with Gasteiger partial charge in [-0.3, -0.25) is 9.89 Å². The molecule has 3 heterocycles. The van der Waals surface area contributed by atoms with E-state index in [0.29, 0.717) is 18.0 Å². The van der Waals surface area contributed by atoms with E-state index in [0.717, 1.165) is 37.1 Å². The van der Waals surface area contributed by atoms with Gasteiger partial charge >= 0.3 is 0 Å². The lowest BCUT2D eigenvalue weighted by atomic mass is 9.93. The number of aromatic amines is 1. The number of amides is 1. The van der Waals surface area contributed by atoms with Crippen LogP contribution in [-0.4, -0.2) is 44.1 Å². The number of carbonyl (C=O) groups excluding carboxylic acids is 1. The van der Waals surface area contributed by atoms with Gasteiger partial charge in [-0.05, 0) is 18.8 Å². The summed E-state index contributed by atoms with van der Waals surface area (Å²) in [6, 6.07) is 0. The van der Waals surface area contributed by atoms with Crippen LogP contribution in [0.5, 0.6) is 0 Å². The zero-order chi connectivity index (χ0) is 14.8. The van der Waals surface area contributed by atoms with Crippen molar-refractivity contribution in [2.24, 2.45) is 5.92 Å². The number of nitrogens with zero attached hydrogens (tertiary/aromatic N) is 4. The number of aromatic nitrogens is 4. The van der Waals surface area contributed by atoms with Gasteiger partial charge in [0.15, 0.2) is 5.65 Å². The summed E-state index contributed by atoms with van der Waals surface area (Å²) in [4.78, 5) is 22.8. The summed E-state index contributed by atoms with van der Waals surface area (Å²) in [5.41, 5.74) is 2.50. The Bertz CT molecular complexity index is 636. The third-order valence-corrected chi connectivity index (χ3v) is 3.98. The molecule has 0 saturated carbocycles. The first-order chi connectivity index (χ1) is 10.1. The number of likely N-dealkylation sites (tertiary alicyclic amines) is 1. The summed E-state index contributed by atoms with van der Waals surface area (Å²) in [6.45, 7) is 5.77. The van der Waals surface area contributed by atoms with Crippen LogP contribution >= 0.6 is 0 Å². The Morgan fingerprint density at radius 1 is 1.43 bits per heavy atom. The van der Waals surface area contributed by atoms with Crippen LogP contribution in [0.2, 0.25) is 0 Å². The first-order valence-electron chi connectivity index (χ1n) is 7.58. The van der Waals surface area contributed by atoms with Crippen LogP contribution in [-0.2, 0) is 4.79 Å². The lowest BCUT2D eigenvalue weighted by Gasteiger charge is -2.32. The molecule has 0 aromatic carbocycles. The highest BCUT2D eigenvalue weighted by Crippen LogP contribution is 2.29. The second-order valence-corrected chi connectivity index (χ2v) is 6.14. The van der Waals surface area contributed by atoms with Gasteiger partial charge in [-0.15, -0.1) is 0 Å². The topological polar surface area (TPSA) is 74.8 Å². The molecule has 1 aliphatic heterocycles. The normalized spacial score (nSPS) is 19.4. The zero-order valence-corrected chi connectivity index (χ0v) is 12.5. The van der Waals surface area contributed by atoms with Gasteiger partial charge in [0.05, 0.1) is 5.69 Å². The van der Waals surface area contributed by atoms with E-state index in [1.807, 2.05) is 4.90 Å². The van der Waals surface area contributed by atoms with Crippen LogP contribution in [0.3, 0.4) is 0 Å². The van der Waals surface area contributed by atoms with E-state index in [9.17, 15) is 4.79 Å². The molecule has 1 saturated heterocycles. The van der Waals surface area contributed by atoms with E-state index in [2.05, 4.69) is 34.0 Å². The summed E-state index contributed by atoms with van der Waals surface area (Å²) in [6.07, 6.45) is 6.03. The zero-order valence-electron chi connectivity index (χ0n) is 12.5. The molecule has 3 rings (SSSR count). The molecule has 1 fully saturated rings. The fourth-order valence-electron chi connectivity index (χ4n) is 2.97. The van der Waals surface area contributed by atoms with Crippen molar-refractivity contribution in [3.63, 3.8) is 0 Å². The maximum Gasteiger partial charge on any atom is 0.222 e. The summed E-state index contributed by atoms with van der Waals surface area (Å²) in [5.74, 6) is 0.929. The van der Waals surface area contributed by atoms with Crippen LogP contribution in [0.25, 0.3) is 11.2 Å². The number of hydrogen-bond donors (Lipinski definition) is 1. The molecule has 112 valence electrons. The van der Waals surface area contributed by atoms with Gasteiger partial charge in [-0.1, -0.05) is 13.8 Å². The Morgan fingerprint density at radius 3 is 3.05 bits per heavy atom. The molecule has 6 nitrogen and oxygen atoms in total. The number of hydrogen-bond acceptors (Lipinski definition) is 4. The third kappa shape index (κ3) is 2.89. The van der Waals surface area contributed by atoms with Crippen LogP contribution in [0.4, 0.5) is 0 Å². The van der Waals surface area contributed by atoms with E-state index in [1.54, 1.807) is 12.4 Å². The quantitative estimate of drug-likeness (QED) is 0.938. The van der Waals surface area contributed by atoms with Crippen LogP contribution in [0.15, 0.2) is 12.4 Å². The van der Waals surface area contributed by atoms with Crippen LogP contribution in [0, 0.1) is 5.92 Å². The van der Waals surface area contributed by atoms with Gasteiger partial charge in [0.1, 0.15) is 5.52 Å². The maximum atomic E-state index is 12.3. The Morgan fingerprint density at radius 2 is 2.24 bits per heavy atom. The van der Waals surface area contributed by atoms with Gasteiger partial charge in [-0.2, -0.15) is 5.10 Å². The molecular weight excluding hydrogens is 266 g/mol. The molecule has 0 radical (unpaired) electrons. The Labute approximate surface area is 124 Å². The molecule has 0 unspecified atom stereocenters. The van der Waals surface area contributed by atoms with Crippen LogP contribution in [0.1, 0.15) is 44.7 Å². The standard InChI is InChI=1S/C15H21N5O/c1-10(2)8-12(21)20-7-3-4-11(9-20)13-14-15(19-18-13)17-6-5-16-14/h5-6,10-11H,3-4,7-9H2,1-2H3,(H,17,18,19)/t11-/m1/s1. The van der Waals surface area contributed by atoms with Gasteiger partial charge in [0, 0.05) is 37.8 Å². The minimum Gasteiger partial charge on any atom is -0.342 e. The molecule has 2 aromatic heterocycles. The smallest absolute Gasteiger partial charge is 0.222 e. The van der Waals surface area contributed by atoms with Crippen molar-refractivity contribution in [3.05, 3.63) is 18.1 Å². The first kappa shape index (κ1) is 14.0. The van der Waals surface area contributed by atoms with Crippen LogP contribution < -0.4 is 0 Å². The summed E-state index contributed by atoms with van der Waals surface area (Å²) < 4.78 is 0. The van der Waals surface area contributed by atoms with Gasteiger partial charge in [0.2, 0.25) is 5.91 Å². The minimum atomic E-state index is 0.254. The van der Waals surface area contributed by atoms with Crippen molar-refractivity contribution in [2.75, 3.05) is 13.1 Å². The molecule has 0 bridgehead atoms. The number of nitrogens with one attached hydrogen (secondary N) is 1. The Balaban J connectivity index is 1.78. The van der Waals surface area contributed by atoms with Gasteiger partial charge < -0.3 is 4.90 Å². The number of rotatable bonds is 3. The predicted molar refractivity (Wildman–Crippen MR) is 79.7 cm³/mol. The molecule has 0 spiro atoms. The van der Waals surface area contributed by atoms with Crippen molar-refractivity contribution < 1.29 is 4.79 Å². The maximum absolute atomic E-state index is 12.3. The third-order valence-electron chi connectivity index (χ3n) is 3.98. The summed E-state index contributed by atoms with van der Waals surface area (Å²) >= 11 is 0. The first-order valence-corrected chi connectivity index (χ1v) is 7.58. The van der Waals surface area contributed by atoms with E-state index in [1.165, 1.54) is 0 Å². The number of H-pyrrole nitrogens is 1. The molecule has 1 N–H and O–H groups in total. The predicted octanol–water partition coefficient (Wildman–Crippen LogP) is 2.10. The monoisotopic (exact) mass is 287 g/mol. The molecule has 0 aliphatic carbocycles. The molecule has 21 heavy (non-hydrogen) atoms. The second-order valence-electron chi connectivity index (χ2n) is 6.14. The SMILES string of the molecule is CC(C)CC(=O)N1CCC[C@@H](c2[nH]nc3nccnc23)C1. The molecular formula is C15H21N5O. The van der Waals surface area contributed by atoms with Crippen molar-refractivity contribution in [3.8, 4) is 0 Å². The fraction of sp³-hybridized carbons (Fsp3) is 0.600. The van der Waals surface area contributed by atoms with E-state index >= 15 is 0 Å². The number of piperidine rings is 1. The molecule has 1 atom stereocenters. The molecule has 6 heteroatoms. The second kappa shape index (κ2) is 5.79. The highest BCUT2D eigenvalue weighted by atomic mass is 16.2. The lowest BCUT2D eigenvalue weighted by molar-refractivity contribution is -0.133. The fourth-order valence-corrected chi connectivity index (χ4v) is 2.97. The van der Waals surface area contributed by atoms with E-state index in [-0.39, 0.29) is 11.8 Å². The largest absolute Gasteiger partial charge is 0.342 e. The van der Waals surface area contributed by atoms with Crippen molar-refractivity contribution in [2.45, 2.75) is 39.0 Å². The van der Waals surface area contributed by atoms with Crippen molar-refractivity contribution in [1.82, 2.24) is 25.1 Å². The average Bonchev–Trinajstić information content (AvgIpc) is 2.90. The minimum absolute atomic E-state index is 0.254. The molecule has 2 aromatic rings. The van der Waals surface area contributed by atoms with Crippen molar-refractivity contribution >= 4 is 17.1 Å². The average molecular weight is 287 g/mol. The number of carbonyl (C=O) groups is 1.